The lowest BCUT2D eigenvalue weighted by atomic mass is 10.1. The van der Waals surface area contributed by atoms with Crippen molar-refractivity contribution in [2.45, 2.75) is 39.7 Å². The molecule has 0 aliphatic rings. The van der Waals surface area contributed by atoms with E-state index in [2.05, 4.69) is 28.8 Å². The molecule has 0 amide bonds. The molecule has 0 aromatic carbocycles. The highest BCUT2D eigenvalue weighted by molar-refractivity contribution is 6.28. The summed E-state index contributed by atoms with van der Waals surface area (Å²) in [7, 11) is 1.96. The van der Waals surface area contributed by atoms with E-state index >= 15 is 0 Å². The quantitative estimate of drug-likeness (QED) is 0.785. The largest absolute Gasteiger partial charge is 0.464 e. The first kappa shape index (κ1) is 14.0. The lowest BCUT2D eigenvalue weighted by molar-refractivity contribution is 0.311. The van der Waals surface area contributed by atoms with Crippen LogP contribution in [-0.2, 0) is 0 Å². The molecule has 6 heteroatoms. The van der Waals surface area contributed by atoms with E-state index in [0.29, 0.717) is 18.6 Å². The molecule has 0 saturated heterocycles. The van der Waals surface area contributed by atoms with E-state index in [9.17, 15) is 0 Å². The Labute approximate surface area is 107 Å². The first-order chi connectivity index (χ1) is 8.12. The van der Waals surface area contributed by atoms with Crippen molar-refractivity contribution in [3.05, 3.63) is 5.28 Å². The number of hydrogen-bond donors (Lipinski definition) is 0. The highest BCUT2D eigenvalue weighted by Crippen LogP contribution is 2.18. The van der Waals surface area contributed by atoms with Gasteiger partial charge in [-0.25, -0.2) is 0 Å². The van der Waals surface area contributed by atoms with Gasteiger partial charge in [0.2, 0.25) is 11.2 Å². The van der Waals surface area contributed by atoms with E-state index in [0.717, 1.165) is 12.8 Å². The van der Waals surface area contributed by atoms with Crippen LogP contribution in [0.5, 0.6) is 6.01 Å². The fourth-order valence-corrected chi connectivity index (χ4v) is 1.82. The van der Waals surface area contributed by atoms with Crippen molar-refractivity contribution >= 4 is 17.5 Å². The Balaban J connectivity index is 2.95. The van der Waals surface area contributed by atoms with E-state index in [-0.39, 0.29) is 11.3 Å². The van der Waals surface area contributed by atoms with Crippen molar-refractivity contribution < 1.29 is 4.74 Å². The normalized spacial score (nSPS) is 10.7. The summed E-state index contributed by atoms with van der Waals surface area (Å²) >= 11 is 5.85. The van der Waals surface area contributed by atoms with Crippen molar-refractivity contribution in [2.75, 3.05) is 18.6 Å². The lowest BCUT2D eigenvalue weighted by Crippen LogP contribution is -2.32. The third-order valence-electron chi connectivity index (χ3n) is 2.65. The van der Waals surface area contributed by atoms with Gasteiger partial charge in [0.1, 0.15) is 0 Å². The molecule has 17 heavy (non-hydrogen) atoms. The molecule has 1 aromatic heterocycles. The molecule has 5 nitrogen and oxygen atoms in total. The first-order valence-electron chi connectivity index (χ1n) is 5.89. The maximum Gasteiger partial charge on any atom is 0.322 e. The number of hydrogen-bond acceptors (Lipinski definition) is 5. The fraction of sp³-hybridized carbons (Fsp3) is 0.727. The van der Waals surface area contributed by atoms with Gasteiger partial charge >= 0.3 is 6.01 Å². The molecule has 1 aromatic rings. The molecule has 0 fully saturated rings. The Hall–Kier alpha value is -1.10. The summed E-state index contributed by atoms with van der Waals surface area (Å²) in [5.74, 6) is 0.558. The molecule has 1 heterocycles. The summed E-state index contributed by atoms with van der Waals surface area (Å²) in [6.07, 6.45) is 2.06. The zero-order valence-electron chi connectivity index (χ0n) is 10.8. The van der Waals surface area contributed by atoms with Gasteiger partial charge in [0.15, 0.2) is 0 Å². The van der Waals surface area contributed by atoms with E-state index in [1.54, 1.807) is 0 Å². The lowest BCUT2D eigenvalue weighted by Gasteiger charge is -2.26. The highest BCUT2D eigenvalue weighted by atomic mass is 35.5. The van der Waals surface area contributed by atoms with Gasteiger partial charge in [-0.3, -0.25) is 0 Å². The molecule has 0 aliphatic heterocycles. The minimum Gasteiger partial charge on any atom is -0.464 e. The average molecular weight is 259 g/mol. The monoisotopic (exact) mass is 258 g/mol. The summed E-state index contributed by atoms with van der Waals surface area (Å²) in [5, 5.41) is 0.163. The summed E-state index contributed by atoms with van der Waals surface area (Å²) in [6, 6.07) is 0.670. The van der Waals surface area contributed by atoms with Gasteiger partial charge in [0, 0.05) is 13.1 Å². The van der Waals surface area contributed by atoms with Crippen molar-refractivity contribution in [2.24, 2.45) is 0 Å². The van der Waals surface area contributed by atoms with Crippen molar-refractivity contribution in [1.82, 2.24) is 15.0 Å². The highest BCUT2D eigenvalue weighted by Gasteiger charge is 2.16. The molecule has 96 valence electrons. The van der Waals surface area contributed by atoms with Crippen LogP contribution >= 0.6 is 11.6 Å². The molecule has 0 unspecified atom stereocenters. The van der Waals surface area contributed by atoms with Crippen molar-refractivity contribution in [1.29, 1.82) is 0 Å². The predicted octanol–water partition coefficient (Wildman–Crippen LogP) is 2.55. The molecular weight excluding hydrogens is 240 g/mol. The Morgan fingerprint density at radius 2 is 1.82 bits per heavy atom. The Morgan fingerprint density at radius 3 is 2.35 bits per heavy atom. The number of halogens is 1. The molecule has 1 rings (SSSR count). The minimum atomic E-state index is 0.163. The molecular formula is C11H19ClN4O. The maximum atomic E-state index is 5.85. The zero-order valence-corrected chi connectivity index (χ0v) is 11.5. The van der Waals surface area contributed by atoms with Crippen LogP contribution in [0.3, 0.4) is 0 Å². The van der Waals surface area contributed by atoms with Crippen molar-refractivity contribution in [3.8, 4) is 6.01 Å². The fourth-order valence-electron chi connectivity index (χ4n) is 1.67. The van der Waals surface area contributed by atoms with Gasteiger partial charge in [0.05, 0.1) is 6.61 Å². The van der Waals surface area contributed by atoms with Crippen LogP contribution in [0, 0.1) is 0 Å². The number of anilines is 1. The molecule has 0 saturated carbocycles. The van der Waals surface area contributed by atoms with Gasteiger partial charge in [-0.05, 0) is 31.4 Å². The van der Waals surface area contributed by atoms with Gasteiger partial charge in [-0.2, -0.15) is 15.0 Å². The van der Waals surface area contributed by atoms with E-state index < -0.39 is 0 Å². The van der Waals surface area contributed by atoms with Gasteiger partial charge in [-0.15, -0.1) is 0 Å². The van der Waals surface area contributed by atoms with E-state index in [1.165, 1.54) is 0 Å². The summed E-state index contributed by atoms with van der Waals surface area (Å²) < 4.78 is 5.25. The standard InChI is InChI=1S/C11H19ClN4O/c1-5-8(6-2)16(4)10-13-9(12)14-11(15-10)17-7-3/h8H,5-7H2,1-4H3. The molecule has 0 bridgehead atoms. The van der Waals surface area contributed by atoms with Crippen LogP contribution in [-0.4, -0.2) is 34.6 Å². The predicted molar refractivity (Wildman–Crippen MR) is 68.8 cm³/mol. The van der Waals surface area contributed by atoms with Crippen molar-refractivity contribution in [3.63, 3.8) is 0 Å². The third kappa shape index (κ3) is 3.70. The Kier molecular flexibility index (Phi) is 5.41. The molecule has 0 N–H and O–H groups in total. The third-order valence-corrected chi connectivity index (χ3v) is 2.82. The zero-order chi connectivity index (χ0) is 12.8. The topological polar surface area (TPSA) is 51.1 Å². The molecule has 0 aliphatic carbocycles. The Morgan fingerprint density at radius 1 is 1.18 bits per heavy atom. The molecule has 0 atom stereocenters. The van der Waals surface area contributed by atoms with Gasteiger partial charge in [-0.1, -0.05) is 13.8 Å². The van der Waals surface area contributed by atoms with Gasteiger partial charge < -0.3 is 9.64 Å². The van der Waals surface area contributed by atoms with Crippen LogP contribution in [0.2, 0.25) is 5.28 Å². The van der Waals surface area contributed by atoms with Crippen LogP contribution in [0.25, 0.3) is 0 Å². The summed E-state index contributed by atoms with van der Waals surface area (Å²) in [5.41, 5.74) is 0. The van der Waals surface area contributed by atoms with Crippen LogP contribution in [0.4, 0.5) is 5.95 Å². The Bertz CT molecular complexity index is 357. The smallest absolute Gasteiger partial charge is 0.322 e. The van der Waals surface area contributed by atoms with Gasteiger partial charge in [0.25, 0.3) is 0 Å². The van der Waals surface area contributed by atoms with Crippen LogP contribution < -0.4 is 9.64 Å². The molecule has 0 radical (unpaired) electrons. The second-order valence-electron chi connectivity index (χ2n) is 3.70. The molecule has 0 spiro atoms. The second kappa shape index (κ2) is 6.59. The first-order valence-corrected chi connectivity index (χ1v) is 6.27. The average Bonchev–Trinajstić information content (AvgIpc) is 2.30. The number of ether oxygens (including phenoxy) is 1. The number of aromatic nitrogens is 3. The van der Waals surface area contributed by atoms with E-state index in [1.807, 2.05) is 18.9 Å². The van der Waals surface area contributed by atoms with Crippen LogP contribution in [0.1, 0.15) is 33.6 Å². The number of rotatable bonds is 6. The van der Waals surface area contributed by atoms with Crippen LogP contribution in [0.15, 0.2) is 0 Å². The summed E-state index contributed by atoms with van der Waals surface area (Å²) in [4.78, 5) is 14.3. The second-order valence-corrected chi connectivity index (χ2v) is 4.04. The maximum absolute atomic E-state index is 5.85. The SMILES string of the molecule is CCOc1nc(Cl)nc(N(C)C(CC)CC)n1. The number of nitrogens with zero attached hydrogens (tertiary/aromatic N) is 4. The summed E-state index contributed by atoms with van der Waals surface area (Å²) in [6.45, 7) is 6.66. The van der Waals surface area contributed by atoms with E-state index in [4.69, 9.17) is 16.3 Å². The minimum absolute atomic E-state index is 0.163.